The zero-order valence-electron chi connectivity index (χ0n) is 13.8. The Morgan fingerprint density at radius 1 is 1.08 bits per heavy atom. The van der Waals surface area contributed by atoms with Crippen molar-refractivity contribution in [2.45, 2.75) is 32.1 Å². The predicted molar refractivity (Wildman–Crippen MR) is 95.8 cm³/mol. The predicted octanol–water partition coefficient (Wildman–Crippen LogP) is 3.86. The van der Waals surface area contributed by atoms with E-state index >= 15 is 0 Å². The maximum Gasteiger partial charge on any atom is 0.259 e. The van der Waals surface area contributed by atoms with Crippen LogP contribution < -0.4 is 5.32 Å². The SMILES string of the molecule is O=C(Nc1sc2c(c1C(=O)N1CCCC1)CCC2)c1ccccc1F. The van der Waals surface area contributed by atoms with Crippen LogP contribution in [0, 0.1) is 5.82 Å². The largest absolute Gasteiger partial charge is 0.339 e. The third-order valence-electron chi connectivity index (χ3n) is 4.87. The van der Waals surface area contributed by atoms with Gasteiger partial charge in [-0.05, 0) is 49.8 Å². The molecule has 0 saturated carbocycles. The number of thiophene rings is 1. The molecule has 1 fully saturated rings. The lowest BCUT2D eigenvalue weighted by molar-refractivity contribution is 0.0793. The van der Waals surface area contributed by atoms with Crippen LogP contribution in [0.4, 0.5) is 9.39 Å². The van der Waals surface area contributed by atoms with E-state index < -0.39 is 11.7 Å². The molecular weight excluding hydrogens is 339 g/mol. The van der Waals surface area contributed by atoms with Crippen molar-refractivity contribution < 1.29 is 14.0 Å². The Balaban J connectivity index is 1.67. The number of hydrogen-bond donors (Lipinski definition) is 1. The molecule has 0 atom stereocenters. The Kier molecular flexibility index (Phi) is 4.29. The Bertz CT molecular complexity index is 840. The number of aryl methyl sites for hydroxylation is 1. The Morgan fingerprint density at radius 2 is 1.84 bits per heavy atom. The molecule has 2 heterocycles. The van der Waals surface area contributed by atoms with Crippen LogP contribution in [0.2, 0.25) is 0 Å². The summed E-state index contributed by atoms with van der Waals surface area (Å²) in [5.41, 5.74) is 1.70. The number of nitrogens with one attached hydrogen (secondary N) is 1. The first-order valence-corrected chi connectivity index (χ1v) is 9.46. The monoisotopic (exact) mass is 358 g/mol. The average Bonchev–Trinajstić information content (AvgIpc) is 3.31. The Morgan fingerprint density at radius 3 is 2.60 bits per heavy atom. The molecule has 0 radical (unpaired) electrons. The van der Waals surface area contributed by atoms with Gasteiger partial charge >= 0.3 is 0 Å². The molecule has 0 bridgehead atoms. The molecular formula is C19H19FN2O2S. The molecule has 2 amide bonds. The number of nitrogens with zero attached hydrogens (tertiary/aromatic N) is 1. The van der Waals surface area contributed by atoms with Gasteiger partial charge in [-0.1, -0.05) is 12.1 Å². The van der Waals surface area contributed by atoms with Gasteiger partial charge in [0.15, 0.2) is 0 Å². The molecule has 0 spiro atoms. The van der Waals surface area contributed by atoms with Crippen molar-refractivity contribution >= 4 is 28.2 Å². The van der Waals surface area contributed by atoms with Crippen molar-refractivity contribution in [2.24, 2.45) is 0 Å². The molecule has 6 heteroatoms. The van der Waals surface area contributed by atoms with Crippen molar-refractivity contribution in [2.75, 3.05) is 18.4 Å². The molecule has 130 valence electrons. The number of benzene rings is 1. The molecule has 1 aliphatic heterocycles. The van der Waals surface area contributed by atoms with E-state index in [0.717, 1.165) is 50.8 Å². The molecule has 25 heavy (non-hydrogen) atoms. The van der Waals surface area contributed by atoms with Gasteiger partial charge in [0.25, 0.3) is 11.8 Å². The van der Waals surface area contributed by atoms with Crippen LogP contribution in [0.15, 0.2) is 24.3 Å². The Hall–Kier alpha value is -2.21. The highest BCUT2D eigenvalue weighted by Gasteiger charge is 2.31. The van der Waals surface area contributed by atoms with Crippen molar-refractivity contribution in [3.8, 4) is 0 Å². The number of carbonyl (C=O) groups is 2. The molecule has 0 unspecified atom stereocenters. The lowest BCUT2D eigenvalue weighted by atomic mass is 10.1. The number of likely N-dealkylation sites (tertiary alicyclic amines) is 1. The molecule has 1 saturated heterocycles. The van der Waals surface area contributed by atoms with Gasteiger partial charge in [0, 0.05) is 18.0 Å². The van der Waals surface area contributed by atoms with Gasteiger partial charge in [-0.15, -0.1) is 11.3 Å². The average molecular weight is 358 g/mol. The van der Waals surface area contributed by atoms with E-state index in [1.54, 1.807) is 12.1 Å². The van der Waals surface area contributed by atoms with E-state index in [1.165, 1.54) is 28.3 Å². The van der Waals surface area contributed by atoms with Crippen LogP contribution in [-0.4, -0.2) is 29.8 Å². The minimum Gasteiger partial charge on any atom is -0.339 e. The number of amides is 2. The van der Waals surface area contributed by atoms with E-state index in [9.17, 15) is 14.0 Å². The summed E-state index contributed by atoms with van der Waals surface area (Å²) in [5, 5.41) is 3.36. The fourth-order valence-corrected chi connectivity index (χ4v) is 4.89. The highest BCUT2D eigenvalue weighted by molar-refractivity contribution is 7.17. The minimum absolute atomic E-state index is 0.000679. The van der Waals surface area contributed by atoms with E-state index in [4.69, 9.17) is 0 Å². The number of hydrogen-bond acceptors (Lipinski definition) is 3. The van der Waals surface area contributed by atoms with Gasteiger partial charge < -0.3 is 10.2 Å². The summed E-state index contributed by atoms with van der Waals surface area (Å²) >= 11 is 1.46. The molecule has 4 nitrogen and oxygen atoms in total. The summed E-state index contributed by atoms with van der Waals surface area (Å²) in [5.74, 6) is -1.06. The van der Waals surface area contributed by atoms with Gasteiger partial charge in [-0.3, -0.25) is 9.59 Å². The van der Waals surface area contributed by atoms with Gasteiger partial charge in [0.1, 0.15) is 10.8 Å². The summed E-state index contributed by atoms with van der Waals surface area (Å²) in [6.07, 6.45) is 4.90. The lowest BCUT2D eigenvalue weighted by Crippen LogP contribution is -2.29. The van der Waals surface area contributed by atoms with Crippen LogP contribution in [0.25, 0.3) is 0 Å². The van der Waals surface area contributed by atoms with Crippen molar-refractivity contribution in [3.05, 3.63) is 51.7 Å². The molecule has 2 aromatic rings. The maximum atomic E-state index is 13.9. The summed E-state index contributed by atoms with van der Waals surface area (Å²) in [6, 6.07) is 5.89. The van der Waals surface area contributed by atoms with Crippen molar-refractivity contribution in [1.29, 1.82) is 0 Å². The zero-order valence-corrected chi connectivity index (χ0v) is 14.6. The zero-order chi connectivity index (χ0) is 17.4. The molecule has 2 aliphatic rings. The summed E-state index contributed by atoms with van der Waals surface area (Å²) in [6.45, 7) is 1.54. The van der Waals surface area contributed by atoms with E-state index in [1.807, 2.05) is 4.90 Å². The number of halogens is 1. The van der Waals surface area contributed by atoms with E-state index in [2.05, 4.69) is 5.32 Å². The highest BCUT2D eigenvalue weighted by Crippen LogP contribution is 2.40. The summed E-state index contributed by atoms with van der Waals surface area (Å²) in [4.78, 5) is 28.5. The molecule has 4 rings (SSSR count). The first-order chi connectivity index (χ1) is 12.1. The lowest BCUT2D eigenvalue weighted by Gasteiger charge is -2.17. The van der Waals surface area contributed by atoms with Crippen LogP contribution in [0.5, 0.6) is 0 Å². The third-order valence-corrected chi connectivity index (χ3v) is 6.08. The van der Waals surface area contributed by atoms with Gasteiger partial charge in [-0.25, -0.2) is 4.39 Å². The second-order valence-corrected chi connectivity index (χ2v) is 7.60. The normalized spacial score (nSPS) is 16.1. The van der Waals surface area contributed by atoms with E-state index in [-0.39, 0.29) is 11.5 Å². The van der Waals surface area contributed by atoms with Crippen LogP contribution in [0.1, 0.15) is 50.4 Å². The number of rotatable bonds is 3. The van der Waals surface area contributed by atoms with Crippen molar-refractivity contribution in [1.82, 2.24) is 4.90 Å². The highest BCUT2D eigenvalue weighted by atomic mass is 32.1. The van der Waals surface area contributed by atoms with E-state index in [0.29, 0.717) is 10.6 Å². The fraction of sp³-hybridized carbons (Fsp3) is 0.368. The van der Waals surface area contributed by atoms with Crippen LogP contribution >= 0.6 is 11.3 Å². The fourth-order valence-electron chi connectivity index (χ4n) is 3.61. The van der Waals surface area contributed by atoms with Crippen LogP contribution in [0.3, 0.4) is 0 Å². The quantitative estimate of drug-likeness (QED) is 0.906. The summed E-state index contributed by atoms with van der Waals surface area (Å²) < 4.78 is 13.9. The molecule has 1 aliphatic carbocycles. The van der Waals surface area contributed by atoms with Gasteiger partial charge in [-0.2, -0.15) is 0 Å². The number of carbonyl (C=O) groups excluding carboxylic acids is 2. The number of anilines is 1. The first kappa shape index (κ1) is 16.3. The standard InChI is InChI=1S/C19H19FN2O2S/c20-14-8-2-1-6-12(14)17(23)21-18-16(13-7-5-9-15(13)25-18)19(24)22-10-3-4-11-22/h1-2,6,8H,3-5,7,9-11H2,(H,21,23). The third kappa shape index (κ3) is 2.95. The first-order valence-electron chi connectivity index (χ1n) is 8.65. The molecule has 1 aromatic carbocycles. The minimum atomic E-state index is -0.559. The van der Waals surface area contributed by atoms with Crippen LogP contribution in [-0.2, 0) is 12.8 Å². The molecule has 1 N–H and O–H groups in total. The Labute approximate surface area is 149 Å². The van der Waals surface area contributed by atoms with Gasteiger partial charge in [0.05, 0.1) is 11.1 Å². The number of fused-ring (bicyclic) bond motifs is 1. The van der Waals surface area contributed by atoms with Gasteiger partial charge in [0.2, 0.25) is 0 Å². The molecule has 1 aromatic heterocycles. The topological polar surface area (TPSA) is 49.4 Å². The maximum absolute atomic E-state index is 13.9. The van der Waals surface area contributed by atoms with Crippen molar-refractivity contribution in [3.63, 3.8) is 0 Å². The summed E-state index contributed by atoms with van der Waals surface area (Å²) in [7, 11) is 0. The smallest absolute Gasteiger partial charge is 0.259 e. The second kappa shape index (κ2) is 6.59. The second-order valence-electron chi connectivity index (χ2n) is 6.49.